The van der Waals surface area contributed by atoms with Crippen LogP contribution in [-0.4, -0.2) is 57.0 Å². The molecule has 0 unspecified atom stereocenters. The molecule has 3 aromatic carbocycles. The second-order valence-electron chi connectivity index (χ2n) is 8.12. The molecule has 2 heterocycles. The van der Waals surface area contributed by atoms with Gasteiger partial charge in [-0.05, 0) is 60.1 Å². The number of benzene rings is 3. The molecule has 4 aromatic rings. The molecule has 1 saturated heterocycles. The van der Waals surface area contributed by atoms with E-state index >= 15 is 0 Å². The fourth-order valence-corrected chi connectivity index (χ4v) is 5.88. The number of piperazine rings is 1. The number of anilines is 2. The maximum Gasteiger partial charge on any atom is 0.261 e. The highest BCUT2D eigenvalue weighted by molar-refractivity contribution is 7.92. The summed E-state index contributed by atoms with van der Waals surface area (Å²) < 4.78 is 39.3. The van der Waals surface area contributed by atoms with E-state index in [2.05, 4.69) is 43.2 Å². The molecule has 1 N–H and O–H groups in total. The average Bonchev–Trinajstić information content (AvgIpc) is 3.30. The zero-order valence-corrected chi connectivity index (χ0v) is 20.3. The SMILES string of the molecule is O=S(=O)(Nc1ccc(OCCN2CCN(c3nsc4ccccc34)CC2)cc1)c1ccccc1. The number of ether oxygens (including phenoxy) is 1. The Morgan fingerprint density at radius 2 is 1.59 bits per heavy atom. The number of aromatic nitrogens is 1. The van der Waals surface area contributed by atoms with E-state index in [-0.39, 0.29) is 4.90 Å². The summed E-state index contributed by atoms with van der Waals surface area (Å²) in [6.07, 6.45) is 0. The van der Waals surface area contributed by atoms with Crippen molar-refractivity contribution in [3.63, 3.8) is 0 Å². The molecule has 1 aliphatic heterocycles. The molecule has 0 aliphatic carbocycles. The first kappa shape index (κ1) is 22.6. The van der Waals surface area contributed by atoms with Crippen LogP contribution in [0, 0.1) is 0 Å². The number of nitrogens with one attached hydrogen (secondary N) is 1. The summed E-state index contributed by atoms with van der Waals surface area (Å²) in [5.74, 6) is 1.81. The average molecular weight is 495 g/mol. The molecular weight excluding hydrogens is 468 g/mol. The molecule has 1 aromatic heterocycles. The van der Waals surface area contributed by atoms with Gasteiger partial charge in [0.15, 0.2) is 0 Å². The van der Waals surface area contributed by atoms with Gasteiger partial charge in [0.1, 0.15) is 18.2 Å². The summed E-state index contributed by atoms with van der Waals surface area (Å²) in [4.78, 5) is 5.00. The highest BCUT2D eigenvalue weighted by Crippen LogP contribution is 2.29. The van der Waals surface area contributed by atoms with Crippen molar-refractivity contribution in [2.24, 2.45) is 0 Å². The Morgan fingerprint density at radius 1 is 0.882 bits per heavy atom. The van der Waals surface area contributed by atoms with Crippen LogP contribution < -0.4 is 14.4 Å². The summed E-state index contributed by atoms with van der Waals surface area (Å²) in [6, 6.07) is 23.7. The third-order valence-electron chi connectivity index (χ3n) is 5.87. The van der Waals surface area contributed by atoms with Crippen molar-refractivity contribution in [1.29, 1.82) is 0 Å². The Bertz CT molecular complexity index is 1330. The van der Waals surface area contributed by atoms with Gasteiger partial charge in [0.25, 0.3) is 10.0 Å². The van der Waals surface area contributed by atoms with Gasteiger partial charge in [-0.25, -0.2) is 8.42 Å². The lowest BCUT2D eigenvalue weighted by Gasteiger charge is -2.34. The van der Waals surface area contributed by atoms with Gasteiger partial charge in [-0.2, -0.15) is 4.37 Å². The van der Waals surface area contributed by atoms with E-state index in [0.29, 0.717) is 12.3 Å². The zero-order chi connectivity index (χ0) is 23.4. The molecule has 1 fully saturated rings. The van der Waals surface area contributed by atoms with Crippen molar-refractivity contribution >= 4 is 43.1 Å². The Labute approximate surface area is 203 Å². The van der Waals surface area contributed by atoms with E-state index in [9.17, 15) is 8.42 Å². The van der Waals surface area contributed by atoms with Crippen molar-refractivity contribution in [1.82, 2.24) is 9.27 Å². The van der Waals surface area contributed by atoms with E-state index in [0.717, 1.165) is 44.3 Å². The fourth-order valence-electron chi connectivity index (χ4n) is 4.01. The lowest BCUT2D eigenvalue weighted by atomic mass is 10.2. The van der Waals surface area contributed by atoms with Crippen molar-refractivity contribution < 1.29 is 13.2 Å². The van der Waals surface area contributed by atoms with Crippen molar-refractivity contribution in [2.45, 2.75) is 4.90 Å². The van der Waals surface area contributed by atoms with Gasteiger partial charge < -0.3 is 9.64 Å². The normalized spacial score (nSPS) is 14.9. The molecule has 0 spiro atoms. The standard InChI is InChI=1S/C25H26N4O3S2/c30-34(31,22-6-2-1-3-7-22)27-20-10-12-21(13-11-20)32-19-18-28-14-16-29(17-15-28)25-23-8-4-5-9-24(23)33-26-25/h1-13,27H,14-19H2. The summed E-state index contributed by atoms with van der Waals surface area (Å²) in [5.41, 5.74) is 0.502. The number of rotatable bonds is 8. The highest BCUT2D eigenvalue weighted by Gasteiger charge is 2.20. The molecule has 176 valence electrons. The molecular formula is C25H26N4O3S2. The first-order valence-electron chi connectivity index (χ1n) is 11.2. The number of hydrogen-bond donors (Lipinski definition) is 1. The van der Waals surface area contributed by atoms with E-state index in [1.54, 1.807) is 66.1 Å². The predicted molar refractivity (Wildman–Crippen MR) is 137 cm³/mol. The quantitative estimate of drug-likeness (QED) is 0.394. The van der Waals surface area contributed by atoms with Gasteiger partial charge in [-0.3, -0.25) is 9.62 Å². The Morgan fingerprint density at radius 3 is 2.35 bits per heavy atom. The molecule has 5 rings (SSSR count). The molecule has 7 nitrogen and oxygen atoms in total. The summed E-state index contributed by atoms with van der Waals surface area (Å²) in [6.45, 7) is 5.25. The Balaban J connectivity index is 1.08. The molecule has 0 amide bonds. The fraction of sp³-hybridized carbons (Fsp3) is 0.240. The lowest BCUT2D eigenvalue weighted by Crippen LogP contribution is -2.47. The highest BCUT2D eigenvalue weighted by atomic mass is 32.2. The van der Waals surface area contributed by atoms with Gasteiger partial charge in [0.2, 0.25) is 0 Å². The van der Waals surface area contributed by atoms with Crippen molar-refractivity contribution in [3.8, 4) is 5.75 Å². The maximum absolute atomic E-state index is 12.4. The van der Waals surface area contributed by atoms with Crippen molar-refractivity contribution in [3.05, 3.63) is 78.9 Å². The predicted octanol–water partition coefficient (Wildman–Crippen LogP) is 4.30. The first-order valence-corrected chi connectivity index (χ1v) is 13.5. The lowest BCUT2D eigenvalue weighted by molar-refractivity contribution is 0.200. The number of nitrogens with zero attached hydrogens (tertiary/aromatic N) is 3. The Kier molecular flexibility index (Phi) is 6.66. The smallest absolute Gasteiger partial charge is 0.261 e. The molecule has 0 radical (unpaired) electrons. The second kappa shape index (κ2) is 10.0. The van der Waals surface area contributed by atoms with Crippen LogP contribution in [-0.2, 0) is 10.0 Å². The van der Waals surface area contributed by atoms with Crippen LogP contribution in [0.5, 0.6) is 5.75 Å². The summed E-state index contributed by atoms with van der Waals surface area (Å²) >= 11 is 1.56. The first-order chi connectivity index (χ1) is 16.6. The van der Waals surface area contributed by atoms with Crippen LogP contribution in [0.15, 0.2) is 83.8 Å². The van der Waals surface area contributed by atoms with Gasteiger partial charge in [-0.15, -0.1) is 0 Å². The molecule has 0 saturated carbocycles. The molecule has 34 heavy (non-hydrogen) atoms. The third-order valence-corrected chi connectivity index (χ3v) is 8.08. The van der Waals surface area contributed by atoms with E-state index in [1.807, 2.05) is 0 Å². The van der Waals surface area contributed by atoms with Gasteiger partial charge >= 0.3 is 0 Å². The van der Waals surface area contributed by atoms with Gasteiger partial charge in [0, 0.05) is 43.8 Å². The topological polar surface area (TPSA) is 74.8 Å². The Hall–Kier alpha value is -3.14. The molecule has 0 atom stereocenters. The van der Waals surface area contributed by atoms with Gasteiger partial charge in [0.05, 0.1) is 9.60 Å². The number of fused-ring (bicyclic) bond motifs is 1. The van der Waals surface area contributed by atoms with Crippen LogP contribution in [0.2, 0.25) is 0 Å². The monoisotopic (exact) mass is 494 g/mol. The molecule has 0 bridgehead atoms. The minimum Gasteiger partial charge on any atom is -0.492 e. The maximum atomic E-state index is 12.4. The largest absolute Gasteiger partial charge is 0.492 e. The van der Waals surface area contributed by atoms with Crippen molar-refractivity contribution in [2.75, 3.05) is 49.0 Å². The second-order valence-corrected chi connectivity index (χ2v) is 10.6. The van der Waals surface area contributed by atoms with E-state index < -0.39 is 10.0 Å². The van der Waals surface area contributed by atoms with Crippen LogP contribution in [0.4, 0.5) is 11.5 Å². The van der Waals surface area contributed by atoms with E-state index in [1.165, 1.54) is 10.1 Å². The number of hydrogen-bond acceptors (Lipinski definition) is 7. The minimum atomic E-state index is -3.60. The zero-order valence-electron chi connectivity index (χ0n) is 18.6. The van der Waals surface area contributed by atoms with Crippen LogP contribution in [0.3, 0.4) is 0 Å². The van der Waals surface area contributed by atoms with Crippen LogP contribution >= 0.6 is 11.5 Å². The molecule has 9 heteroatoms. The summed E-state index contributed by atoms with van der Waals surface area (Å²) in [5, 5.41) is 1.23. The van der Waals surface area contributed by atoms with Crippen LogP contribution in [0.25, 0.3) is 10.1 Å². The van der Waals surface area contributed by atoms with E-state index in [4.69, 9.17) is 4.74 Å². The molecule has 1 aliphatic rings. The number of sulfonamides is 1. The van der Waals surface area contributed by atoms with Gasteiger partial charge in [-0.1, -0.05) is 30.3 Å². The third kappa shape index (κ3) is 5.16. The minimum absolute atomic E-state index is 0.235. The summed E-state index contributed by atoms with van der Waals surface area (Å²) in [7, 11) is -3.60. The van der Waals surface area contributed by atoms with Crippen LogP contribution in [0.1, 0.15) is 0 Å².